The van der Waals surface area contributed by atoms with Gasteiger partial charge in [0.25, 0.3) is 0 Å². The van der Waals surface area contributed by atoms with Gasteiger partial charge in [-0.05, 0) is 35.2 Å². The van der Waals surface area contributed by atoms with Gasteiger partial charge in [0.05, 0.1) is 17.5 Å². The molecule has 0 unspecified atom stereocenters. The summed E-state index contributed by atoms with van der Waals surface area (Å²) in [5, 5.41) is 6.85. The second-order valence-electron chi connectivity index (χ2n) is 3.95. The first kappa shape index (κ1) is 13.4. The number of nitrogens with zero attached hydrogens (tertiary/aromatic N) is 2. The normalized spacial score (nSPS) is 10.8. The summed E-state index contributed by atoms with van der Waals surface area (Å²) in [4.78, 5) is 9.24. The van der Waals surface area contributed by atoms with Crippen LogP contribution in [0.2, 0.25) is 10.3 Å². The molecule has 1 N–H and O–H groups in total. The van der Waals surface area contributed by atoms with Crippen LogP contribution in [0.15, 0.2) is 29.6 Å². The Labute approximate surface area is 129 Å². The Hall–Kier alpha value is -1.56. The van der Waals surface area contributed by atoms with Crippen LogP contribution in [0, 0.1) is 0 Å². The summed E-state index contributed by atoms with van der Waals surface area (Å²) in [6, 6.07) is 7.36. The fourth-order valence-corrected chi connectivity index (χ4v) is 2.98. The van der Waals surface area contributed by atoms with Gasteiger partial charge in [-0.2, -0.15) is 4.98 Å². The number of benzene rings is 1. The quantitative estimate of drug-likeness (QED) is 0.706. The third-order valence-electron chi connectivity index (χ3n) is 2.71. The van der Waals surface area contributed by atoms with Crippen LogP contribution in [-0.4, -0.2) is 17.1 Å². The molecule has 0 saturated carbocycles. The largest absolute Gasteiger partial charge is 0.495 e. The second-order valence-corrected chi connectivity index (χ2v) is 5.59. The van der Waals surface area contributed by atoms with Gasteiger partial charge >= 0.3 is 0 Å². The first-order valence-corrected chi connectivity index (χ1v) is 7.32. The number of thiophene rings is 1. The summed E-state index contributed by atoms with van der Waals surface area (Å²) in [6.45, 7) is 0. The summed E-state index contributed by atoms with van der Waals surface area (Å²) >= 11 is 13.4. The van der Waals surface area contributed by atoms with Crippen molar-refractivity contribution in [1.29, 1.82) is 0 Å². The zero-order valence-corrected chi connectivity index (χ0v) is 12.7. The molecule has 7 heteroatoms. The molecule has 20 heavy (non-hydrogen) atoms. The summed E-state index contributed by atoms with van der Waals surface area (Å²) in [6.07, 6.45) is 0. The Bertz CT molecular complexity index is 775. The molecule has 0 aliphatic heterocycles. The number of nitrogens with one attached hydrogen (secondary N) is 1. The number of ether oxygens (including phenoxy) is 1. The van der Waals surface area contributed by atoms with Crippen molar-refractivity contribution in [3.05, 3.63) is 40.0 Å². The molecule has 0 fully saturated rings. The fraction of sp³-hybridized carbons (Fsp3) is 0.0769. The van der Waals surface area contributed by atoms with Crippen LogP contribution in [0.5, 0.6) is 5.75 Å². The van der Waals surface area contributed by atoms with Crippen LogP contribution in [0.25, 0.3) is 10.2 Å². The molecule has 0 atom stereocenters. The molecule has 0 aliphatic carbocycles. The van der Waals surface area contributed by atoms with E-state index in [2.05, 4.69) is 15.3 Å². The third kappa shape index (κ3) is 2.52. The van der Waals surface area contributed by atoms with E-state index >= 15 is 0 Å². The Balaban J connectivity index is 2.02. The van der Waals surface area contributed by atoms with Crippen molar-refractivity contribution in [2.75, 3.05) is 12.4 Å². The average molecular weight is 326 g/mol. The molecular formula is C13H9Cl2N3OS. The van der Waals surface area contributed by atoms with Gasteiger partial charge in [-0.25, -0.2) is 4.98 Å². The molecule has 0 bridgehead atoms. The standard InChI is InChI=1S/C13H9Cl2N3OS/c1-19-10-6-7(2-3-9(10)14)16-11-8-4-5-20-12(8)18-13(15)17-11/h2-6H,1H3,(H,16,17,18). The van der Waals surface area contributed by atoms with Crippen molar-refractivity contribution >= 4 is 56.3 Å². The van der Waals surface area contributed by atoms with Crippen molar-refractivity contribution in [3.63, 3.8) is 0 Å². The number of aromatic nitrogens is 2. The van der Waals surface area contributed by atoms with E-state index in [0.717, 1.165) is 15.9 Å². The fourth-order valence-electron chi connectivity index (χ4n) is 1.80. The van der Waals surface area contributed by atoms with E-state index < -0.39 is 0 Å². The Morgan fingerprint density at radius 2 is 2.05 bits per heavy atom. The van der Waals surface area contributed by atoms with Crippen LogP contribution in [-0.2, 0) is 0 Å². The maximum Gasteiger partial charge on any atom is 0.225 e. The van der Waals surface area contributed by atoms with Crippen LogP contribution in [0.4, 0.5) is 11.5 Å². The lowest BCUT2D eigenvalue weighted by molar-refractivity contribution is 0.415. The molecule has 1 aromatic carbocycles. The van der Waals surface area contributed by atoms with E-state index in [9.17, 15) is 0 Å². The molecule has 4 nitrogen and oxygen atoms in total. The summed E-state index contributed by atoms with van der Waals surface area (Å²) < 4.78 is 5.19. The van der Waals surface area contributed by atoms with Gasteiger partial charge in [0.15, 0.2) is 0 Å². The zero-order valence-electron chi connectivity index (χ0n) is 10.4. The minimum atomic E-state index is 0.211. The highest BCUT2D eigenvalue weighted by molar-refractivity contribution is 7.16. The molecule has 2 aromatic heterocycles. The molecule has 2 heterocycles. The van der Waals surface area contributed by atoms with E-state index in [0.29, 0.717) is 16.6 Å². The van der Waals surface area contributed by atoms with Crippen LogP contribution < -0.4 is 10.1 Å². The molecule has 3 rings (SSSR count). The minimum absolute atomic E-state index is 0.211. The molecule has 0 amide bonds. The van der Waals surface area contributed by atoms with E-state index in [1.807, 2.05) is 17.5 Å². The Kier molecular flexibility index (Phi) is 3.65. The topological polar surface area (TPSA) is 47.0 Å². The number of anilines is 2. The summed E-state index contributed by atoms with van der Waals surface area (Å²) in [5.41, 5.74) is 0.813. The van der Waals surface area contributed by atoms with Crippen molar-refractivity contribution < 1.29 is 4.74 Å². The predicted molar refractivity (Wildman–Crippen MR) is 83.7 cm³/mol. The highest BCUT2D eigenvalue weighted by Gasteiger charge is 2.09. The van der Waals surface area contributed by atoms with Crippen LogP contribution >= 0.6 is 34.5 Å². The lowest BCUT2D eigenvalue weighted by Gasteiger charge is -2.09. The van der Waals surface area contributed by atoms with Gasteiger partial charge in [-0.3, -0.25) is 0 Å². The van der Waals surface area contributed by atoms with Gasteiger partial charge in [0, 0.05) is 11.8 Å². The van der Waals surface area contributed by atoms with Gasteiger partial charge in [0.2, 0.25) is 5.28 Å². The Morgan fingerprint density at radius 1 is 1.20 bits per heavy atom. The zero-order chi connectivity index (χ0) is 14.1. The van der Waals surface area contributed by atoms with Gasteiger partial charge in [-0.15, -0.1) is 11.3 Å². The number of fused-ring (bicyclic) bond motifs is 1. The average Bonchev–Trinajstić information content (AvgIpc) is 2.89. The van der Waals surface area contributed by atoms with Crippen molar-refractivity contribution in [3.8, 4) is 5.75 Å². The number of methoxy groups -OCH3 is 1. The van der Waals surface area contributed by atoms with Crippen LogP contribution in [0.1, 0.15) is 0 Å². The number of hydrogen-bond donors (Lipinski definition) is 1. The summed E-state index contributed by atoms with van der Waals surface area (Å²) in [5.74, 6) is 1.25. The van der Waals surface area contributed by atoms with Gasteiger partial charge < -0.3 is 10.1 Å². The highest BCUT2D eigenvalue weighted by Crippen LogP contribution is 2.32. The molecule has 102 valence electrons. The first-order valence-electron chi connectivity index (χ1n) is 5.68. The molecule has 0 aliphatic rings. The summed E-state index contributed by atoms with van der Waals surface area (Å²) in [7, 11) is 1.57. The predicted octanol–water partition coefficient (Wildman–Crippen LogP) is 4.75. The SMILES string of the molecule is COc1cc(Nc2nc(Cl)nc3sccc23)ccc1Cl. The minimum Gasteiger partial charge on any atom is -0.495 e. The molecule has 0 saturated heterocycles. The van der Waals surface area contributed by atoms with Crippen molar-refractivity contribution in [2.45, 2.75) is 0 Å². The van der Waals surface area contributed by atoms with E-state index in [-0.39, 0.29) is 5.28 Å². The lowest BCUT2D eigenvalue weighted by Crippen LogP contribution is -1.96. The highest BCUT2D eigenvalue weighted by atomic mass is 35.5. The monoisotopic (exact) mass is 325 g/mol. The molecular weight excluding hydrogens is 317 g/mol. The maximum absolute atomic E-state index is 6.00. The van der Waals surface area contributed by atoms with Crippen LogP contribution in [0.3, 0.4) is 0 Å². The first-order chi connectivity index (χ1) is 9.67. The van der Waals surface area contributed by atoms with Gasteiger partial charge in [-0.1, -0.05) is 11.6 Å². The number of rotatable bonds is 3. The van der Waals surface area contributed by atoms with E-state index in [1.165, 1.54) is 11.3 Å². The van der Waals surface area contributed by atoms with E-state index in [1.54, 1.807) is 19.2 Å². The molecule has 0 spiro atoms. The maximum atomic E-state index is 6.00. The van der Waals surface area contributed by atoms with Crippen molar-refractivity contribution in [2.24, 2.45) is 0 Å². The second kappa shape index (κ2) is 5.44. The smallest absolute Gasteiger partial charge is 0.225 e. The van der Waals surface area contributed by atoms with E-state index in [4.69, 9.17) is 27.9 Å². The molecule has 3 aromatic rings. The number of hydrogen-bond acceptors (Lipinski definition) is 5. The Morgan fingerprint density at radius 3 is 2.85 bits per heavy atom. The van der Waals surface area contributed by atoms with Crippen molar-refractivity contribution in [1.82, 2.24) is 9.97 Å². The molecule has 0 radical (unpaired) electrons. The third-order valence-corrected chi connectivity index (χ3v) is 4.00. The van der Waals surface area contributed by atoms with Gasteiger partial charge in [0.1, 0.15) is 16.4 Å². The lowest BCUT2D eigenvalue weighted by atomic mass is 10.3. The number of halogens is 2.